The van der Waals surface area contributed by atoms with Crippen LogP contribution in [-0.2, 0) is 26.2 Å². The second-order valence-corrected chi connectivity index (χ2v) is 11.4. The molecule has 3 rings (SSSR count). The maximum absolute atomic E-state index is 13.8. The average Bonchev–Trinajstić information content (AvgIpc) is 2.86. The second-order valence-electron chi connectivity index (χ2n) is 9.15. The third kappa shape index (κ3) is 7.33. The molecule has 0 saturated carbocycles. The van der Waals surface area contributed by atoms with Crippen LogP contribution in [0.2, 0.25) is 5.02 Å². The summed E-state index contributed by atoms with van der Waals surface area (Å²) in [6.07, 6.45) is 0. The molecule has 0 fully saturated rings. The number of carbonyl (C=O) groups is 2. The number of para-hydroxylation sites is 1. The first-order valence-electron chi connectivity index (χ1n) is 12.0. The fraction of sp³-hybridized carbons (Fsp3) is 0.286. The van der Waals surface area contributed by atoms with Crippen molar-refractivity contribution in [1.29, 1.82) is 0 Å². The molecule has 0 bridgehead atoms. The number of hydrogen-bond donors (Lipinski definition) is 1. The maximum Gasteiger partial charge on any atom is 0.264 e. The Hall–Kier alpha value is -3.36. The molecule has 0 radical (unpaired) electrons. The fourth-order valence-electron chi connectivity index (χ4n) is 3.73. The van der Waals surface area contributed by atoms with E-state index in [4.69, 9.17) is 11.6 Å². The molecular formula is C28H32ClN3O4S. The van der Waals surface area contributed by atoms with Crippen LogP contribution in [0.1, 0.15) is 31.9 Å². The highest BCUT2D eigenvalue weighted by atomic mass is 35.5. The van der Waals surface area contributed by atoms with Crippen LogP contribution in [0.15, 0.2) is 83.8 Å². The van der Waals surface area contributed by atoms with E-state index in [0.717, 1.165) is 15.4 Å². The molecular weight excluding hydrogens is 510 g/mol. The van der Waals surface area contributed by atoms with Gasteiger partial charge in [0.1, 0.15) is 12.6 Å². The van der Waals surface area contributed by atoms with Crippen LogP contribution >= 0.6 is 11.6 Å². The fourth-order valence-corrected chi connectivity index (χ4v) is 5.27. The summed E-state index contributed by atoms with van der Waals surface area (Å²) in [5, 5.41) is 3.24. The third-order valence-corrected chi connectivity index (χ3v) is 7.84. The Kier molecular flexibility index (Phi) is 9.34. The van der Waals surface area contributed by atoms with E-state index >= 15 is 0 Å². The zero-order valence-electron chi connectivity index (χ0n) is 21.4. The highest BCUT2D eigenvalue weighted by Gasteiger charge is 2.32. The first-order valence-corrected chi connectivity index (χ1v) is 13.8. The minimum Gasteiger partial charge on any atom is -0.352 e. The van der Waals surface area contributed by atoms with Crippen LogP contribution in [-0.4, -0.2) is 43.8 Å². The molecule has 0 aliphatic heterocycles. The molecule has 196 valence electrons. The van der Waals surface area contributed by atoms with Crippen molar-refractivity contribution in [2.24, 2.45) is 0 Å². The minimum atomic E-state index is -4.12. The van der Waals surface area contributed by atoms with Crippen LogP contribution in [0.3, 0.4) is 0 Å². The Morgan fingerprint density at radius 3 is 2.05 bits per heavy atom. The smallest absolute Gasteiger partial charge is 0.264 e. The lowest BCUT2D eigenvalue weighted by Crippen LogP contribution is -2.52. The van der Waals surface area contributed by atoms with E-state index < -0.39 is 28.5 Å². The summed E-state index contributed by atoms with van der Waals surface area (Å²) in [6, 6.07) is 20.9. The molecule has 2 amide bonds. The summed E-state index contributed by atoms with van der Waals surface area (Å²) in [4.78, 5) is 28.1. The zero-order chi connectivity index (χ0) is 27.2. The van der Waals surface area contributed by atoms with E-state index in [-0.39, 0.29) is 23.4 Å². The number of rotatable bonds is 10. The SMILES string of the molecule is Cc1ccc(CN(C(=O)CN(c2ccccc2)S(=O)(=O)c2ccc(Cl)cc2)C(C)C(=O)NC(C)C)cc1. The van der Waals surface area contributed by atoms with Gasteiger partial charge >= 0.3 is 0 Å². The van der Waals surface area contributed by atoms with E-state index in [1.807, 2.05) is 45.0 Å². The molecule has 37 heavy (non-hydrogen) atoms. The first kappa shape index (κ1) is 28.2. The molecule has 1 N–H and O–H groups in total. The zero-order valence-corrected chi connectivity index (χ0v) is 23.0. The molecule has 3 aromatic carbocycles. The van der Waals surface area contributed by atoms with Gasteiger partial charge in [0, 0.05) is 17.6 Å². The molecule has 1 unspecified atom stereocenters. The summed E-state index contributed by atoms with van der Waals surface area (Å²) in [5.74, 6) is -0.823. The van der Waals surface area contributed by atoms with Crippen LogP contribution in [0, 0.1) is 6.92 Å². The average molecular weight is 542 g/mol. The minimum absolute atomic E-state index is 0.00392. The predicted molar refractivity (Wildman–Crippen MR) is 147 cm³/mol. The summed E-state index contributed by atoms with van der Waals surface area (Å²) >= 11 is 5.96. The van der Waals surface area contributed by atoms with Crippen molar-refractivity contribution in [2.75, 3.05) is 10.8 Å². The summed E-state index contributed by atoms with van der Waals surface area (Å²) < 4.78 is 28.4. The number of nitrogens with zero attached hydrogens (tertiary/aromatic N) is 2. The Labute approximate surface area is 224 Å². The lowest BCUT2D eigenvalue weighted by Gasteiger charge is -2.32. The molecule has 3 aromatic rings. The molecule has 0 aliphatic rings. The van der Waals surface area contributed by atoms with E-state index in [1.54, 1.807) is 37.3 Å². The topological polar surface area (TPSA) is 86.8 Å². The number of nitrogens with one attached hydrogen (secondary N) is 1. The monoisotopic (exact) mass is 541 g/mol. The van der Waals surface area contributed by atoms with Gasteiger partial charge in [-0.2, -0.15) is 0 Å². The molecule has 0 spiro atoms. The number of anilines is 1. The highest BCUT2D eigenvalue weighted by molar-refractivity contribution is 7.92. The van der Waals surface area contributed by atoms with Crippen LogP contribution in [0.25, 0.3) is 0 Å². The van der Waals surface area contributed by atoms with Gasteiger partial charge in [-0.3, -0.25) is 13.9 Å². The Balaban J connectivity index is 1.99. The Bertz CT molecular complexity index is 1310. The largest absolute Gasteiger partial charge is 0.352 e. The second kappa shape index (κ2) is 12.3. The van der Waals surface area contributed by atoms with Crippen molar-refractivity contribution >= 4 is 39.1 Å². The van der Waals surface area contributed by atoms with Crippen molar-refractivity contribution in [3.63, 3.8) is 0 Å². The maximum atomic E-state index is 13.8. The standard InChI is InChI=1S/C28H32ClN3O4S/c1-20(2)30-28(34)22(4)31(18-23-12-10-21(3)11-13-23)27(33)19-32(25-8-6-5-7-9-25)37(35,36)26-16-14-24(29)15-17-26/h5-17,20,22H,18-19H2,1-4H3,(H,30,34). The van der Waals surface area contributed by atoms with E-state index in [1.165, 1.54) is 29.2 Å². The summed E-state index contributed by atoms with van der Waals surface area (Å²) in [5.41, 5.74) is 2.23. The van der Waals surface area contributed by atoms with Crippen LogP contribution < -0.4 is 9.62 Å². The lowest BCUT2D eigenvalue weighted by atomic mass is 10.1. The van der Waals surface area contributed by atoms with E-state index in [2.05, 4.69) is 5.32 Å². The number of sulfonamides is 1. The van der Waals surface area contributed by atoms with Crippen LogP contribution in [0.4, 0.5) is 5.69 Å². The molecule has 0 saturated heterocycles. The number of benzene rings is 3. The van der Waals surface area contributed by atoms with Gasteiger partial charge in [0.05, 0.1) is 10.6 Å². The van der Waals surface area contributed by atoms with Crippen LogP contribution in [0.5, 0.6) is 0 Å². The lowest BCUT2D eigenvalue weighted by molar-refractivity contribution is -0.139. The number of amides is 2. The van der Waals surface area contributed by atoms with Crippen molar-refractivity contribution < 1.29 is 18.0 Å². The number of aryl methyl sites for hydroxylation is 1. The van der Waals surface area contributed by atoms with Gasteiger partial charge in [-0.1, -0.05) is 59.6 Å². The van der Waals surface area contributed by atoms with Crippen molar-refractivity contribution in [3.8, 4) is 0 Å². The van der Waals surface area contributed by atoms with Gasteiger partial charge in [0.25, 0.3) is 10.0 Å². The van der Waals surface area contributed by atoms with Gasteiger partial charge in [-0.25, -0.2) is 8.42 Å². The predicted octanol–water partition coefficient (Wildman–Crippen LogP) is 4.79. The molecule has 0 aromatic heterocycles. The van der Waals surface area contributed by atoms with E-state index in [9.17, 15) is 18.0 Å². The van der Waals surface area contributed by atoms with Gasteiger partial charge in [-0.05, 0) is 69.7 Å². The molecule has 0 heterocycles. The number of hydrogen-bond acceptors (Lipinski definition) is 4. The Morgan fingerprint density at radius 2 is 1.49 bits per heavy atom. The van der Waals surface area contributed by atoms with Gasteiger partial charge in [0.15, 0.2) is 0 Å². The first-order chi connectivity index (χ1) is 17.5. The Morgan fingerprint density at radius 1 is 0.892 bits per heavy atom. The quantitative estimate of drug-likeness (QED) is 0.400. The van der Waals surface area contributed by atoms with Crippen molar-refractivity contribution in [2.45, 2.75) is 51.2 Å². The molecule has 7 nitrogen and oxygen atoms in total. The highest BCUT2D eigenvalue weighted by Crippen LogP contribution is 2.25. The molecule has 0 aliphatic carbocycles. The van der Waals surface area contributed by atoms with Crippen molar-refractivity contribution in [3.05, 3.63) is 95.0 Å². The summed E-state index contributed by atoms with van der Waals surface area (Å²) in [7, 11) is -4.12. The summed E-state index contributed by atoms with van der Waals surface area (Å²) in [6.45, 7) is 6.95. The van der Waals surface area contributed by atoms with Gasteiger partial charge < -0.3 is 10.2 Å². The van der Waals surface area contributed by atoms with E-state index in [0.29, 0.717) is 10.7 Å². The van der Waals surface area contributed by atoms with Gasteiger partial charge in [0.2, 0.25) is 11.8 Å². The van der Waals surface area contributed by atoms with Crippen molar-refractivity contribution in [1.82, 2.24) is 10.2 Å². The number of carbonyl (C=O) groups excluding carboxylic acids is 2. The normalized spacial score (nSPS) is 12.2. The number of halogens is 1. The third-order valence-electron chi connectivity index (χ3n) is 5.80. The molecule has 9 heteroatoms. The van der Waals surface area contributed by atoms with Gasteiger partial charge in [-0.15, -0.1) is 0 Å². The molecule has 1 atom stereocenters.